The minimum Gasteiger partial charge on any atom is -0.324 e. The van der Waals surface area contributed by atoms with Crippen molar-refractivity contribution in [2.75, 3.05) is 11.9 Å². The van der Waals surface area contributed by atoms with Gasteiger partial charge in [0.05, 0.1) is 10.9 Å². The van der Waals surface area contributed by atoms with Crippen LogP contribution in [0.3, 0.4) is 0 Å². The molecule has 2 aliphatic rings. The maximum Gasteiger partial charge on any atom is 0.418 e. The lowest BCUT2D eigenvalue weighted by molar-refractivity contribution is -0.120. The molecule has 2 aliphatic heterocycles. The van der Waals surface area contributed by atoms with Crippen molar-refractivity contribution < 1.29 is 35.3 Å². The molecular formula is C13H16N4O8S2. The standard InChI is InChI=1S/C13H16N4O8S2/c14-26(20,21)10-4-1-8(2-5-10)15-12(18)11-6-3-9-7-16(11)13(19)17(9)25-27(22,23)24/h1-2,4-5,9,11H,3,6-7H2,(H,15,18)(H2,14,20,21)(H,22,23,24). The van der Waals surface area contributed by atoms with Crippen molar-refractivity contribution in [2.45, 2.75) is 29.8 Å². The second kappa shape index (κ2) is 6.72. The summed E-state index contributed by atoms with van der Waals surface area (Å²) in [5.74, 6) is -0.529. The first-order valence-electron chi connectivity index (χ1n) is 7.66. The Morgan fingerprint density at radius 3 is 2.37 bits per heavy atom. The van der Waals surface area contributed by atoms with Crippen molar-refractivity contribution in [1.29, 1.82) is 0 Å². The lowest BCUT2D eigenvalue weighted by atomic mass is 10.0. The van der Waals surface area contributed by atoms with E-state index in [1.807, 2.05) is 0 Å². The molecule has 14 heteroatoms. The third kappa shape index (κ3) is 4.19. The number of hydroxylamine groups is 2. The predicted molar refractivity (Wildman–Crippen MR) is 89.8 cm³/mol. The number of sulfonamides is 1. The van der Waals surface area contributed by atoms with Gasteiger partial charge in [-0.1, -0.05) is 0 Å². The van der Waals surface area contributed by atoms with E-state index in [-0.39, 0.29) is 17.9 Å². The second-order valence-electron chi connectivity index (χ2n) is 6.07. The van der Waals surface area contributed by atoms with Gasteiger partial charge in [-0.2, -0.15) is 13.5 Å². The highest BCUT2D eigenvalue weighted by Crippen LogP contribution is 2.31. The van der Waals surface area contributed by atoms with Gasteiger partial charge in [0.1, 0.15) is 6.04 Å². The van der Waals surface area contributed by atoms with Crippen LogP contribution in [0.25, 0.3) is 0 Å². The van der Waals surface area contributed by atoms with Gasteiger partial charge < -0.3 is 10.2 Å². The third-order valence-corrected chi connectivity index (χ3v) is 5.53. The van der Waals surface area contributed by atoms with E-state index in [4.69, 9.17) is 9.69 Å². The number of carbonyl (C=O) groups excluding carboxylic acids is 2. The number of nitrogens with one attached hydrogen (secondary N) is 1. The van der Waals surface area contributed by atoms with Crippen LogP contribution >= 0.6 is 0 Å². The molecule has 148 valence electrons. The normalized spacial score (nSPS) is 22.8. The molecule has 2 bridgehead atoms. The number of urea groups is 1. The average molecular weight is 420 g/mol. The number of benzene rings is 1. The zero-order valence-electron chi connectivity index (χ0n) is 13.7. The Kier molecular flexibility index (Phi) is 4.85. The number of primary sulfonamides is 1. The van der Waals surface area contributed by atoms with E-state index in [1.54, 1.807) is 0 Å². The highest BCUT2D eigenvalue weighted by Gasteiger charge is 2.49. The molecule has 0 saturated carbocycles. The molecule has 2 heterocycles. The number of piperidine rings is 1. The minimum absolute atomic E-state index is 0.0663. The van der Waals surface area contributed by atoms with Gasteiger partial charge in [-0.3, -0.25) is 9.35 Å². The number of anilines is 1. The second-order valence-corrected chi connectivity index (χ2v) is 8.63. The van der Waals surface area contributed by atoms with E-state index in [1.165, 1.54) is 24.3 Å². The zero-order chi connectivity index (χ0) is 20.0. The van der Waals surface area contributed by atoms with Gasteiger partial charge in [-0.25, -0.2) is 18.4 Å². The monoisotopic (exact) mass is 420 g/mol. The Bertz CT molecular complexity index is 976. The summed E-state index contributed by atoms with van der Waals surface area (Å²) in [7, 11) is -8.72. The van der Waals surface area contributed by atoms with E-state index >= 15 is 0 Å². The van der Waals surface area contributed by atoms with Crippen LogP contribution in [0.5, 0.6) is 0 Å². The Hall–Kier alpha value is -2.26. The van der Waals surface area contributed by atoms with Gasteiger partial charge in [-0.15, -0.1) is 4.28 Å². The molecule has 2 atom stereocenters. The van der Waals surface area contributed by atoms with Crippen LogP contribution in [0.15, 0.2) is 29.2 Å². The van der Waals surface area contributed by atoms with Crippen molar-refractivity contribution in [2.24, 2.45) is 5.14 Å². The fourth-order valence-electron chi connectivity index (χ4n) is 3.06. The third-order valence-electron chi connectivity index (χ3n) is 4.25. The van der Waals surface area contributed by atoms with Crippen LogP contribution < -0.4 is 10.5 Å². The number of fused-ring (bicyclic) bond motifs is 2. The Labute approximate surface area is 154 Å². The SMILES string of the molecule is NS(=O)(=O)c1ccc(NC(=O)C2CCC3CN2C(=O)N3OS(=O)(=O)O)cc1. The van der Waals surface area contributed by atoms with Gasteiger partial charge in [0.25, 0.3) is 0 Å². The van der Waals surface area contributed by atoms with E-state index in [0.717, 1.165) is 4.90 Å². The lowest BCUT2D eigenvalue weighted by Crippen LogP contribution is -2.47. The number of carbonyl (C=O) groups is 2. The van der Waals surface area contributed by atoms with E-state index in [9.17, 15) is 26.4 Å². The fraction of sp³-hybridized carbons (Fsp3) is 0.385. The van der Waals surface area contributed by atoms with Crippen LogP contribution in [0.1, 0.15) is 12.8 Å². The summed E-state index contributed by atoms with van der Waals surface area (Å²) in [5.41, 5.74) is 0.298. The predicted octanol–water partition coefficient (Wildman–Crippen LogP) is -0.724. The summed E-state index contributed by atoms with van der Waals surface area (Å²) in [6.07, 6.45) is 0.545. The summed E-state index contributed by atoms with van der Waals surface area (Å²) in [5, 5.41) is 8.11. The van der Waals surface area contributed by atoms with Crippen LogP contribution in [-0.2, 0) is 29.5 Å². The summed E-state index contributed by atoms with van der Waals surface area (Å²) in [6, 6.07) is 2.83. The Morgan fingerprint density at radius 1 is 1.19 bits per heavy atom. The van der Waals surface area contributed by atoms with Gasteiger partial charge in [-0.05, 0) is 37.1 Å². The highest BCUT2D eigenvalue weighted by molar-refractivity contribution is 7.89. The maximum absolute atomic E-state index is 12.5. The Morgan fingerprint density at radius 2 is 1.81 bits per heavy atom. The first kappa shape index (κ1) is 19.5. The summed E-state index contributed by atoms with van der Waals surface area (Å²) < 4.78 is 57.3. The number of rotatable bonds is 5. The molecule has 27 heavy (non-hydrogen) atoms. The zero-order valence-corrected chi connectivity index (χ0v) is 15.3. The summed E-state index contributed by atoms with van der Waals surface area (Å²) >= 11 is 0. The average Bonchev–Trinajstić information content (AvgIpc) is 2.78. The molecule has 3 rings (SSSR count). The molecule has 1 aromatic rings. The first-order chi connectivity index (χ1) is 12.5. The number of amides is 3. The first-order valence-corrected chi connectivity index (χ1v) is 10.6. The van der Waals surface area contributed by atoms with Crippen molar-refractivity contribution in [3.05, 3.63) is 24.3 Å². The van der Waals surface area contributed by atoms with E-state index in [2.05, 4.69) is 9.60 Å². The molecule has 0 aromatic heterocycles. The van der Waals surface area contributed by atoms with Crippen LogP contribution in [0.4, 0.5) is 10.5 Å². The minimum atomic E-state index is -4.86. The van der Waals surface area contributed by atoms with Gasteiger partial charge in [0.2, 0.25) is 15.9 Å². The van der Waals surface area contributed by atoms with Crippen molar-refractivity contribution in [3.8, 4) is 0 Å². The summed E-state index contributed by atoms with van der Waals surface area (Å²) in [6.45, 7) is 0.0663. The molecule has 2 unspecified atom stereocenters. The fourth-order valence-corrected chi connectivity index (χ4v) is 3.96. The molecule has 2 fully saturated rings. The smallest absolute Gasteiger partial charge is 0.324 e. The van der Waals surface area contributed by atoms with Crippen molar-refractivity contribution in [3.63, 3.8) is 0 Å². The highest BCUT2D eigenvalue weighted by atomic mass is 32.3. The molecule has 1 aromatic carbocycles. The Balaban J connectivity index is 1.71. The summed E-state index contributed by atoms with van der Waals surface area (Å²) in [4.78, 5) is 25.8. The topological polar surface area (TPSA) is 176 Å². The van der Waals surface area contributed by atoms with E-state index < -0.39 is 44.4 Å². The molecule has 12 nitrogen and oxygen atoms in total. The molecule has 0 spiro atoms. The van der Waals surface area contributed by atoms with E-state index in [0.29, 0.717) is 17.2 Å². The number of nitrogens with zero attached hydrogens (tertiary/aromatic N) is 2. The number of hydrogen-bond donors (Lipinski definition) is 3. The molecule has 0 aliphatic carbocycles. The van der Waals surface area contributed by atoms with Gasteiger partial charge in [0, 0.05) is 12.2 Å². The van der Waals surface area contributed by atoms with Gasteiger partial charge >= 0.3 is 16.4 Å². The van der Waals surface area contributed by atoms with Crippen LogP contribution in [0.2, 0.25) is 0 Å². The van der Waals surface area contributed by atoms with Crippen molar-refractivity contribution in [1.82, 2.24) is 9.96 Å². The maximum atomic E-state index is 12.5. The quantitative estimate of drug-likeness (QED) is 0.522. The molecule has 2 saturated heterocycles. The van der Waals surface area contributed by atoms with Gasteiger partial charge in [0.15, 0.2) is 0 Å². The van der Waals surface area contributed by atoms with Crippen LogP contribution in [-0.4, -0.2) is 61.9 Å². The molecule has 0 radical (unpaired) electrons. The largest absolute Gasteiger partial charge is 0.418 e. The lowest BCUT2D eigenvalue weighted by Gasteiger charge is -2.29. The van der Waals surface area contributed by atoms with Crippen LogP contribution in [0, 0.1) is 0 Å². The number of hydrogen-bond acceptors (Lipinski definition) is 7. The molecular weight excluding hydrogens is 404 g/mol. The molecule has 3 amide bonds. The molecule has 4 N–H and O–H groups in total. The number of nitrogens with two attached hydrogens (primary N) is 1. The van der Waals surface area contributed by atoms with Crippen molar-refractivity contribution >= 4 is 38.0 Å².